The number of hydrogen-bond donors (Lipinski definition) is 1. The maximum absolute atomic E-state index is 11.6. The van der Waals surface area contributed by atoms with Crippen LogP contribution in [0.3, 0.4) is 0 Å². The van der Waals surface area contributed by atoms with E-state index in [1.54, 1.807) is 31.2 Å². The average Bonchev–Trinajstić information content (AvgIpc) is 2.88. The maximum Gasteiger partial charge on any atom is 0.378 e. The van der Waals surface area contributed by atoms with Crippen molar-refractivity contribution in [2.75, 3.05) is 6.61 Å². The molecule has 8 nitrogen and oxygen atoms in total. The molecule has 0 aliphatic carbocycles. The molecule has 0 aliphatic heterocycles. The van der Waals surface area contributed by atoms with Crippen LogP contribution in [0.1, 0.15) is 33.5 Å². The summed E-state index contributed by atoms with van der Waals surface area (Å²) < 4.78 is 6.18. The van der Waals surface area contributed by atoms with Gasteiger partial charge in [-0.3, -0.25) is 4.79 Å². The molecule has 0 fully saturated rings. The number of ether oxygens (including phenoxy) is 1. The summed E-state index contributed by atoms with van der Waals surface area (Å²) >= 11 is 0. The van der Waals surface area contributed by atoms with E-state index in [0.717, 1.165) is 5.56 Å². The molecule has 0 spiro atoms. The number of carbonyl (C=O) groups is 2. The molecule has 1 aromatic heterocycles. The molecule has 8 heteroatoms. The van der Waals surface area contributed by atoms with Crippen molar-refractivity contribution in [3.8, 4) is 0 Å². The molecule has 104 valence electrons. The highest BCUT2D eigenvalue weighted by Gasteiger charge is 2.16. The Bertz CT molecular complexity index is 620. The van der Waals surface area contributed by atoms with Crippen molar-refractivity contribution >= 4 is 11.9 Å². The zero-order valence-electron chi connectivity index (χ0n) is 10.8. The summed E-state index contributed by atoms with van der Waals surface area (Å²) in [6.07, 6.45) is 0. The Labute approximate surface area is 114 Å². The van der Waals surface area contributed by atoms with Crippen molar-refractivity contribution in [1.82, 2.24) is 20.2 Å². The molecule has 0 saturated carbocycles. The Kier molecular flexibility index (Phi) is 4.04. The van der Waals surface area contributed by atoms with Crippen LogP contribution in [0.2, 0.25) is 0 Å². The second-order valence-corrected chi connectivity index (χ2v) is 3.94. The van der Waals surface area contributed by atoms with E-state index in [1.807, 2.05) is 0 Å². The molecule has 0 saturated heterocycles. The fourth-order valence-corrected chi connectivity index (χ4v) is 1.60. The third kappa shape index (κ3) is 2.97. The highest BCUT2D eigenvalue weighted by molar-refractivity contribution is 5.92. The summed E-state index contributed by atoms with van der Waals surface area (Å²) in [5.74, 6) is -1.04. The molecule has 1 heterocycles. The minimum Gasteiger partial charge on any atom is -0.460 e. The van der Waals surface area contributed by atoms with Gasteiger partial charge in [-0.1, -0.05) is 12.1 Å². The van der Waals surface area contributed by atoms with E-state index in [4.69, 9.17) is 10.5 Å². The molecule has 1 amide bonds. The highest BCUT2D eigenvalue weighted by Crippen LogP contribution is 2.07. The lowest BCUT2D eigenvalue weighted by Gasteiger charge is -2.05. The van der Waals surface area contributed by atoms with Gasteiger partial charge in [0.2, 0.25) is 5.91 Å². The standard InChI is InChI=1S/C12H13N5O3/c1-2-20-12(19)11-14-15-16-17(11)7-8-3-5-9(6-4-8)10(13)18/h3-6H,2,7H2,1H3,(H2,13,18). The van der Waals surface area contributed by atoms with Crippen molar-refractivity contribution in [2.45, 2.75) is 13.5 Å². The largest absolute Gasteiger partial charge is 0.460 e. The number of nitrogens with two attached hydrogens (primary N) is 1. The average molecular weight is 275 g/mol. The van der Waals surface area contributed by atoms with Crippen LogP contribution in [0.4, 0.5) is 0 Å². The van der Waals surface area contributed by atoms with Gasteiger partial charge in [0.25, 0.3) is 5.82 Å². The molecular weight excluding hydrogens is 262 g/mol. The molecule has 0 atom stereocenters. The van der Waals surface area contributed by atoms with Crippen molar-refractivity contribution in [3.63, 3.8) is 0 Å². The van der Waals surface area contributed by atoms with Gasteiger partial charge >= 0.3 is 5.97 Å². The molecule has 2 rings (SSSR count). The third-order valence-corrected chi connectivity index (χ3v) is 2.56. The number of benzene rings is 1. The SMILES string of the molecule is CCOC(=O)c1nnnn1Cc1ccc(C(N)=O)cc1. The Morgan fingerprint density at radius 3 is 2.60 bits per heavy atom. The van der Waals surface area contributed by atoms with Crippen LogP contribution in [0, 0.1) is 0 Å². The smallest absolute Gasteiger partial charge is 0.378 e. The van der Waals surface area contributed by atoms with Crippen LogP contribution < -0.4 is 5.73 Å². The first-order valence-corrected chi connectivity index (χ1v) is 5.94. The van der Waals surface area contributed by atoms with Crippen LogP contribution in [0.5, 0.6) is 0 Å². The summed E-state index contributed by atoms with van der Waals surface area (Å²) in [7, 11) is 0. The Balaban J connectivity index is 2.16. The number of amides is 1. The van der Waals surface area contributed by atoms with E-state index < -0.39 is 11.9 Å². The second kappa shape index (κ2) is 5.91. The molecule has 2 aromatic rings. The molecule has 0 aliphatic rings. The number of tetrazole rings is 1. The second-order valence-electron chi connectivity index (χ2n) is 3.94. The quantitative estimate of drug-likeness (QED) is 0.768. The number of hydrogen-bond acceptors (Lipinski definition) is 6. The summed E-state index contributed by atoms with van der Waals surface area (Å²) in [5.41, 5.74) is 6.40. The van der Waals surface area contributed by atoms with Gasteiger partial charge in [0.1, 0.15) is 0 Å². The molecule has 0 unspecified atom stereocenters. The molecule has 1 aromatic carbocycles. The fourth-order valence-electron chi connectivity index (χ4n) is 1.60. The number of aromatic nitrogens is 4. The predicted molar refractivity (Wildman–Crippen MR) is 67.8 cm³/mol. The van der Waals surface area contributed by atoms with Crippen LogP contribution in [-0.2, 0) is 11.3 Å². The minimum absolute atomic E-state index is 0.0332. The van der Waals surface area contributed by atoms with Gasteiger partial charge in [0, 0.05) is 5.56 Å². The lowest BCUT2D eigenvalue weighted by molar-refractivity contribution is 0.0505. The molecule has 20 heavy (non-hydrogen) atoms. The number of esters is 1. The van der Waals surface area contributed by atoms with Gasteiger partial charge in [0.15, 0.2) is 0 Å². The van der Waals surface area contributed by atoms with Gasteiger partial charge in [0.05, 0.1) is 13.2 Å². The third-order valence-electron chi connectivity index (χ3n) is 2.56. The van der Waals surface area contributed by atoms with Crippen LogP contribution >= 0.6 is 0 Å². The number of primary amides is 1. The Morgan fingerprint density at radius 2 is 2.00 bits per heavy atom. The summed E-state index contributed by atoms with van der Waals surface area (Å²) in [4.78, 5) is 22.6. The lowest BCUT2D eigenvalue weighted by atomic mass is 10.1. The summed E-state index contributed by atoms with van der Waals surface area (Å²) in [6, 6.07) is 6.64. The fraction of sp³-hybridized carbons (Fsp3) is 0.250. The number of nitrogens with zero attached hydrogens (tertiary/aromatic N) is 4. The van der Waals surface area contributed by atoms with E-state index >= 15 is 0 Å². The van der Waals surface area contributed by atoms with E-state index in [-0.39, 0.29) is 12.4 Å². The topological polar surface area (TPSA) is 113 Å². The number of carbonyl (C=O) groups excluding carboxylic acids is 2. The first-order valence-electron chi connectivity index (χ1n) is 5.94. The predicted octanol–water partition coefficient (Wildman–Crippen LogP) is -0.00300. The van der Waals surface area contributed by atoms with E-state index in [9.17, 15) is 9.59 Å². The summed E-state index contributed by atoms with van der Waals surface area (Å²) in [5, 5.41) is 10.8. The van der Waals surface area contributed by atoms with E-state index in [2.05, 4.69) is 15.5 Å². The number of rotatable bonds is 5. The highest BCUT2D eigenvalue weighted by atomic mass is 16.5. The first-order chi connectivity index (χ1) is 9.61. The monoisotopic (exact) mass is 275 g/mol. The lowest BCUT2D eigenvalue weighted by Crippen LogP contribution is -2.15. The molecule has 2 N–H and O–H groups in total. The first kappa shape index (κ1) is 13.7. The van der Waals surface area contributed by atoms with Gasteiger partial charge in [-0.15, -0.1) is 5.10 Å². The van der Waals surface area contributed by atoms with Gasteiger partial charge in [-0.05, 0) is 35.0 Å². The van der Waals surface area contributed by atoms with Crippen molar-refractivity contribution in [3.05, 3.63) is 41.2 Å². The van der Waals surface area contributed by atoms with Gasteiger partial charge in [-0.2, -0.15) is 0 Å². The Hall–Kier alpha value is -2.77. The van der Waals surface area contributed by atoms with Crippen molar-refractivity contribution in [1.29, 1.82) is 0 Å². The van der Waals surface area contributed by atoms with Crippen LogP contribution in [-0.4, -0.2) is 38.7 Å². The summed E-state index contributed by atoms with van der Waals surface area (Å²) in [6.45, 7) is 2.24. The normalized spacial score (nSPS) is 10.2. The zero-order chi connectivity index (χ0) is 14.5. The van der Waals surface area contributed by atoms with E-state index in [1.165, 1.54) is 4.68 Å². The molecule has 0 bridgehead atoms. The minimum atomic E-state index is -0.578. The molecule has 0 radical (unpaired) electrons. The maximum atomic E-state index is 11.6. The van der Waals surface area contributed by atoms with Gasteiger partial charge in [-0.25, -0.2) is 9.48 Å². The van der Waals surface area contributed by atoms with Crippen LogP contribution in [0.25, 0.3) is 0 Å². The van der Waals surface area contributed by atoms with Gasteiger partial charge < -0.3 is 10.5 Å². The molecular formula is C12H13N5O3. The Morgan fingerprint density at radius 1 is 1.30 bits per heavy atom. The van der Waals surface area contributed by atoms with Crippen molar-refractivity contribution in [2.24, 2.45) is 5.73 Å². The van der Waals surface area contributed by atoms with Crippen molar-refractivity contribution < 1.29 is 14.3 Å². The van der Waals surface area contributed by atoms with E-state index in [0.29, 0.717) is 12.1 Å². The zero-order valence-corrected chi connectivity index (χ0v) is 10.8. The van der Waals surface area contributed by atoms with Crippen LogP contribution in [0.15, 0.2) is 24.3 Å².